The Hall–Kier alpha value is -2.56. The third-order valence-corrected chi connectivity index (χ3v) is 4.03. The normalized spacial score (nSPS) is 13.4. The first-order chi connectivity index (χ1) is 11.3. The van der Waals surface area contributed by atoms with E-state index in [1.807, 2.05) is 36.7 Å². The van der Waals surface area contributed by atoms with Gasteiger partial charge in [0.1, 0.15) is 24.6 Å². The smallest absolute Gasteiger partial charge is 0.179 e. The van der Waals surface area contributed by atoms with Crippen molar-refractivity contribution in [1.82, 2.24) is 14.5 Å². The monoisotopic (exact) mass is 309 g/mol. The van der Waals surface area contributed by atoms with Crippen LogP contribution in [0.4, 0.5) is 0 Å². The maximum absolute atomic E-state index is 5.92. The van der Waals surface area contributed by atoms with Gasteiger partial charge in [0.2, 0.25) is 0 Å². The lowest BCUT2D eigenvalue weighted by Gasteiger charge is -2.15. The second-order valence-corrected chi connectivity index (χ2v) is 5.76. The molecule has 118 valence electrons. The highest BCUT2D eigenvalue weighted by Gasteiger charge is 2.18. The van der Waals surface area contributed by atoms with Gasteiger partial charge in [-0.05, 0) is 18.6 Å². The summed E-state index contributed by atoms with van der Waals surface area (Å²) < 4.78 is 14.0. The topological polar surface area (TPSA) is 49.2 Å². The second-order valence-electron chi connectivity index (χ2n) is 5.76. The van der Waals surface area contributed by atoms with Crippen LogP contribution >= 0.6 is 0 Å². The summed E-state index contributed by atoms with van der Waals surface area (Å²) in [6.07, 6.45) is 6.31. The molecule has 0 N–H and O–H groups in total. The molecule has 0 bridgehead atoms. The standard InChI is InChI=1S/C18H19N3O2/c1-2-3-8-21-9-17-18(10-21)23-12-16-15(11-22-17)19-13-6-4-5-7-14(13)20-16/h4-7,9-10H,2-3,8,11-12H2,1H3. The first-order valence-electron chi connectivity index (χ1n) is 8.03. The zero-order chi connectivity index (χ0) is 15.6. The number of aromatic nitrogens is 3. The minimum absolute atomic E-state index is 0.418. The Balaban J connectivity index is 1.64. The van der Waals surface area contributed by atoms with Gasteiger partial charge in [-0.25, -0.2) is 9.97 Å². The van der Waals surface area contributed by atoms with Gasteiger partial charge in [0.25, 0.3) is 0 Å². The van der Waals surface area contributed by atoms with Crippen molar-refractivity contribution < 1.29 is 9.47 Å². The van der Waals surface area contributed by atoms with Crippen molar-refractivity contribution in [3.05, 3.63) is 48.0 Å². The Morgan fingerprint density at radius 3 is 2.04 bits per heavy atom. The lowest BCUT2D eigenvalue weighted by atomic mass is 10.2. The van der Waals surface area contributed by atoms with Crippen LogP contribution in [0.2, 0.25) is 0 Å². The molecule has 0 aliphatic carbocycles. The molecule has 23 heavy (non-hydrogen) atoms. The number of hydrogen-bond acceptors (Lipinski definition) is 4. The van der Waals surface area contributed by atoms with Gasteiger partial charge < -0.3 is 14.0 Å². The van der Waals surface area contributed by atoms with Gasteiger partial charge >= 0.3 is 0 Å². The van der Waals surface area contributed by atoms with Crippen LogP contribution in [-0.2, 0) is 19.8 Å². The highest BCUT2D eigenvalue weighted by atomic mass is 16.5. The largest absolute Gasteiger partial charge is 0.482 e. The number of benzene rings is 1. The lowest BCUT2D eigenvalue weighted by molar-refractivity contribution is 0.233. The fourth-order valence-electron chi connectivity index (χ4n) is 2.75. The molecule has 4 rings (SSSR count). The molecule has 0 saturated heterocycles. The van der Waals surface area contributed by atoms with Crippen molar-refractivity contribution in [1.29, 1.82) is 0 Å². The van der Waals surface area contributed by atoms with E-state index in [2.05, 4.69) is 21.5 Å². The average molecular weight is 309 g/mol. The number of nitrogens with zero attached hydrogens (tertiary/aromatic N) is 3. The van der Waals surface area contributed by atoms with E-state index in [1.54, 1.807) is 0 Å². The molecular weight excluding hydrogens is 290 g/mol. The summed E-state index contributed by atoms with van der Waals surface area (Å²) >= 11 is 0. The van der Waals surface area contributed by atoms with Crippen molar-refractivity contribution in [3.63, 3.8) is 0 Å². The van der Waals surface area contributed by atoms with Gasteiger partial charge in [0, 0.05) is 6.54 Å². The molecule has 1 aliphatic heterocycles. The highest BCUT2D eigenvalue weighted by Crippen LogP contribution is 2.32. The Bertz CT molecular complexity index is 777. The van der Waals surface area contributed by atoms with Gasteiger partial charge in [-0.15, -0.1) is 0 Å². The maximum Gasteiger partial charge on any atom is 0.179 e. The quantitative estimate of drug-likeness (QED) is 0.740. The number of fused-ring (bicyclic) bond motifs is 3. The molecule has 5 heteroatoms. The van der Waals surface area contributed by atoms with Crippen LogP contribution in [0, 0.1) is 0 Å². The predicted octanol–water partition coefficient (Wildman–Crippen LogP) is 3.70. The van der Waals surface area contributed by atoms with Crippen LogP contribution in [0.15, 0.2) is 36.7 Å². The molecule has 5 nitrogen and oxygen atoms in total. The molecule has 2 aromatic heterocycles. The number of aryl methyl sites for hydroxylation is 1. The first kappa shape index (κ1) is 14.1. The molecule has 3 heterocycles. The van der Waals surface area contributed by atoms with E-state index in [-0.39, 0.29) is 0 Å². The van der Waals surface area contributed by atoms with Crippen LogP contribution in [0.5, 0.6) is 11.5 Å². The second kappa shape index (κ2) is 5.91. The van der Waals surface area contributed by atoms with Crippen LogP contribution in [0.25, 0.3) is 11.0 Å². The summed E-state index contributed by atoms with van der Waals surface area (Å²) in [6, 6.07) is 7.87. The Kier molecular flexibility index (Phi) is 3.61. The fourth-order valence-corrected chi connectivity index (χ4v) is 2.75. The molecule has 1 aromatic carbocycles. The molecule has 0 fully saturated rings. The summed E-state index contributed by atoms with van der Waals surface area (Å²) in [5, 5.41) is 0. The molecule has 1 aliphatic rings. The van der Waals surface area contributed by atoms with E-state index >= 15 is 0 Å². The Labute approximate surface area is 134 Å². The zero-order valence-electron chi connectivity index (χ0n) is 13.2. The highest BCUT2D eigenvalue weighted by molar-refractivity contribution is 5.74. The van der Waals surface area contributed by atoms with Crippen LogP contribution in [0.3, 0.4) is 0 Å². The summed E-state index contributed by atoms with van der Waals surface area (Å²) in [4.78, 5) is 9.34. The van der Waals surface area contributed by atoms with E-state index in [1.165, 1.54) is 0 Å². The van der Waals surface area contributed by atoms with Crippen molar-refractivity contribution in [2.45, 2.75) is 39.5 Å². The number of ether oxygens (including phenoxy) is 2. The third-order valence-electron chi connectivity index (χ3n) is 4.03. The van der Waals surface area contributed by atoms with Gasteiger partial charge in [0.05, 0.1) is 23.4 Å². The van der Waals surface area contributed by atoms with Gasteiger partial charge in [-0.2, -0.15) is 0 Å². The minimum Gasteiger partial charge on any atom is -0.482 e. The summed E-state index contributed by atoms with van der Waals surface area (Å²) in [5.41, 5.74) is 3.46. The predicted molar refractivity (Wildman–Crippen MR) is 87.5 cm³/mol. The third kappa shape index (κ3) is 2.74. The van der Waals surface area contributed by atoms with E-state index in [0.29, 0.717) is 13.2 Å². The number of rotatable bonds is 3. The van der Waals surface area contributed by atoms with Gasteiger partial charge in [-0.3, -0.25) is 0 Å². The molecule has 0 radical (unpaired) electrons. The van der Waals surface area contributed by atoms with Crippen molar-refractivity contribution in [3.8, 4) is 11.5 Å². The van der Waals surface area contributed by atoms with E-state index in [4.69, 9.17) is 9.47 Å². The van der Waals surface area contributed by atoms with E-state index in [0.717, 1.165) is 53.3 Å². The van der Waals surface area contributed by atoms with Crippen molar-refractivity contribution in [2.75, 3.05) is 0 Å². The first-order valence-corrected chi connectivity index (χ1v) is 8.03. The zero-order valence-corrected chi connectivity index (χ0v) is 13.2. The van der Waals surface area contributed by atoms with Gasteiger partial charge in [0.15, 0.2) is 11.5 Å². The number of para-hydroxylation sites is 2. The SMILES string of the molecule is CCCCn1cc2c(c1)OCc1nc3ccccc3nc1CO2. The lowest BCUT2D eigenvalue weighted by Crippen LogP contribution is -2.11. The molecule has 0 saturated carbocycles. The number of hydrogen-bond donors (Lipinski definition) is 0. The summed E-state index contributed by atoms with van der Waals surface area (Å²) in [7, 11) is 0. The van der Waals surface area contributed by atoms with Crippen LogP contribution in [-0.4, -0.2) is 14.5 Å². The Morgan fingerprint density at radius 1 is 0.957 bits per heavy atom. The fraction of sp³-hybridized carbons (Fsp3) is 0.333. The number of unbranched alkanes of at least 4 members (excludes halogenated alkanes) is 1. The van der Waals surface area contributed by atoms with Crippen LogP contribution < -0.4 is 9.47 Å². The molecule has 0 amide bonds. The van der Waals surface area contributed by atoms with Crippen molar-refractivity contribution in [2.24, 2.45) is 0 Å². The molecule has 0 spiro atoms. The summed E-state index contributed by atoms with van der Waals surface area (Å²) in [5.74, 6) is 1.56. The molecule has 3 aromatic rings. The van der Waals surface area contributed by atoms with E-state index < -0.39 is 0 Å². The molecular formula is C18H19N3O2. The van der Waals surface area contributed by atoms with Crippen LogP contribution in [0.1, 0.15) is 31.2 Å². The van der Waals surface area contributed by atoms with E-state index in [9.17, 15) is 0 Å². The van der Waals surface area contributed by atoms with Gasteiger partial charge in [-0.1, -0.05) is 25.5 Å². The Morgan fingerprint density at radius 2 is 1.52 bits per heavy atom. The molecule has 0 atom stereocenters. The average Bonchev–Trinajstić information content (AvgIpc) is 2.95. The molecule has 0 unspecified atom stereocenters. The minimum atomic E-state index is 0.418. The maximum atomic E-state index is 5.92. The summed E-state index contributed by atoms with van der Waals surface area (Å²) in [6.45, 7) is 4.00. The van der Waals surface area contributed by atoms with Crippen molar-refractivity contribution >= 4 is 11.0 Å².